The van der Waals surface area contributed by atoms with Crippen molar-refractivity contribution in [1.29, 1.82) is 0 Å². The van der Waals surface area contributed by atoms with E-state index in [9.17, 15) is 9.59 Å². The molecule has 1 heterocycles. The highest BCUT2D eigenvalue weighted by Gasteiger charge is 2.35. The number of amides is 2. The molecule has 2 atom stereocenters. The third kappa shape index (κ3) is 5.24. The summed E-state index contributed by atoms with van der Waals surface area (Å²) in [5.74, 6) is 0.379. The standard InChI is InChI=1S/C24H28N2O3/c27-23(26(21-11-12-21)16-18-13-14-29-17-18)15-22(19-7-3-1-4-8-19)25-24(28)20-9-5-2-6-10-20/h1-10,18,21-22H,11-17H2,(H,25,28)/t18-,22-/m1/s1. The van der Waals surface area contributed by atoms with Crippen molar-refractivity contribution in [2.75, 3.05) is 19.8 Å². The molecule has 5 heteroatoms. The number of hydrogen-bond acceptors (Lipinski definition) is 3. The molecule has 0 unspecified atom stereocenters. The number of carbonyl (C=O) groups is 2. The fraction of sp³-hybridized carbons (Fsp3) is 0.417. The van der Waals surface area contributed by atoms with E-state index in [0.717, 1.165) is 44.6 Å². The van der Waals surface area contributed by atoms with Crippen molar-refractivity contribution in [3.05, 3.63) is 71.8 Å². The van der Waals surface area contributed by atoms with Crippen molar-refractivity contribution in [2.45, 2.75) is 37.8 Å². The van der Waals surface area contributed by atoms with Gasteiger partial charge in [0.2, 0.25) is 5.91 Å². The number of nitrogens with zero attached hydrogens (tertiary/aromatic N) is 1. The minimum Gasteiger partial charge on any atom is -0.381 e. The Hall–Kier alpha value is -2.66. The van der Waals surface area contributed by atoms with E-state index in [0.29, 0.717) is 17.5 Å². The molecule has 2 aromatic carbocycles. The molecule has 1 aliphatic carbocycles. The lowest BCUT2D eigenvalue weighted by atomic mass is 10.0. The molecular weight excluding hydrogens is 364 g/mol. The molecule has 0 radical (unpaired) electrons. The number of ether oxygens (including phenoxy) is 1. The zero-order valence-corrected chi connectivity index (χ0v) is 16.6. The molecule has 1 saturated carbocycles. The lowest BCUT2D eigenvalue weighted by molar-refractivity contribution is -0.133. The van der Waals surface area contributed by atoms with Crippen LogP contribution in [0, 0.1) is 5.92 Å². The van der Waals surface area contributed by atoms with Crippen LogP contribution in [0.25, 0.3) is 0 Å². The summed E-state index contributed by atoms with van der Waals surface area (Å²) in [6, 6.07) is 18.9. The van der Waals surface area contributed by atoms with Crippen molar-refractivity contribution < 1.29 is 14.3 Å². The lowest BCUT2D eigenvalue weighted by Crippen LogP contribution is -2.40. The second-order valence-corrected chi connectivity index (χ2v) is 8.01. The Kier molecular flexibility index (Phi) is 6.25. The molecule has 152 valence electrons. The van der Waals surface area contributed by atoms with E-state index in [1.807, 2.05) is 53.4 Å². The summed E-state index contributed by atoms with van der Waals surface area (Å²) < 4.78 is 5.49. The van der Waals surface area contributed by atoms with Crippen molar-refractivity contribution in [2.24, 2.45) is 5.92 Å². The Morgan fingerprint density at radius 3 is 2.31 bits per heavy atom. The minimum absolute atomic E-state index is 0.113. The van der Waals surface area contributed by atoms with Crippen molar-refractivity contribution in [1.82, 2.24) is 10.2 Å². The van der Waals surface area contributed by atoms with Gasteiger partial charge in [-0.1, -0.05) is 48.5 Å². The molecular formula is C24H28N2O3. The average Bonchev–Trinajstić information content (AvgIpc) is 3.47. The minimum atomic E-state index is -0.350. The third-order valence-corrected chi connectivity index (χ3v) is 5.71. The summed E-state index contributed by atoms with van der Waals surface area (Å²) in [5.41, 5.74) is 1.55. The number of benzene rings is 2. The van der Waals surface area contributed by atoms with Gasteiger partial charge in [0.25, 0.3) is 5.91 Å². The first-order valence-corrected chi connectivity index (χ1v) is 10.5. The zero-order valence-electron chi connectivity index (χ0n) is 16.6. The molecule has 1 N–H and O–H groups in total. The quantitative estimate of drug-likeness (QED) is 0.747. The second kappa shape index (κ2) is 9.23. The van der Waals surface area contributed by atoms with Gasteiger partial charge in [-0.05, 0) is 37.0 Å². The maximum Gasteiger partial charge on any atom is 0.251 e. The van der Waals surface area contributed by atoms with Crippen LogP contribution in [0.5, 0.6) is 0 Å². The number of rotatable bonds is 8. The van der Waals surface area contributed by atoms with Crippen LogP contribution in [0.15, 0.2) is 60.7 Å². The normalized spacial score (nSPS) is 19.5. The summed E-state index contributed by atoms with van der Waals surface area (Å²) in [7, 11) is 0. The van der Waals surface area contributed by atoms with Crippen molar-refractivity contribution in [3.63, 3.8) is 0 Å². The molecule has 2 amide bonds. The maximum absolute atomic E-state index is 13.2. The molecule has 4 rings (SSSR count). The molecule has 1 saturated heterocycles. The first-order valence-electron chi connectivity index (χ1n) is 10.5. The summed E-state index contributed by atoms with van der Waals surface area (Å²) in [6.45, 7) is 2.29. The van der Waals surface area contributed by atoms with Crippen LogP contribution in [-0.2, 0) is 9.53 Å². The zero-order chi connectivity index (χ0) is 20.1. The summed E-state index contributed by atoms with van der Waals surface area (Å²) >= 11 is 0. The monoisotopic (exact) mass is 392 g/mol. The lowest BCUT2D eigenvalue weighted by Gasteiger charge is -2.28. The summed E-state index contributed by atoms with van der Waals surface area (Å²) in [5, 5.41) is 3.08. The van der Waals surface area contributed by atoms with E-state index in [-0.39, 0.29) is 24.3 Å². The van der Waals surface area contributed by atoms with Gasteiger partial charge in [-0.3, -0.25) is 9.59 Å². The van der Waals surface area contributed by atoms with Crippen molar-refractivity contribution >= 4 is 11.8 Å². The van der Waals surface area contributed by atoms with Crippen LogP contribution >= 0.6 is 0 Å². The number of carbonyl (C=O) groups excluding carboxylic acids is 2. The highest BCUT2D eigenvalue weighted by atomic mass is 16.5. The van der Waals surface area contributed by atoms with Gasteiger partial charge in [0.1, 0.15) is 0 Å². The van der Waals surface area contributed by atoms with Gasteiger partial charge in [0.15, 0.2) is 0 Å². The summed E-state index contributed by atoms with van der Waals surface area (Å²) in [6.07, 6.45) is 3.44. The average molecular weight is 392 g/mol. The Labute approximate surface area is 172 Å². The Morgan fingerprint density at radius 1 is 1.00 bits per heavy atom. The van der Waals surface area contributed by atoms with E-state index in [1.54, 1.807) is 12.1 Å². The van der Waals surface area contributed by atoms with E-state index in [4.69, 9.17) is 4.74 Å². The molecule has 2 fully saturated rings. The highest BCUT2D eigenvalue weighted by molar-refractivity contribution is 5.94. The predicted molar refractivity (Wildman–Crippen MR) is 111 cm³/mol. The molecule has 29 heavy (non-hydrogen) atoms. The molecule has 2 aliphatic rings. The second-order valence-electron chi connectivity index (χ2n) is 8.01. The maximum atomic E-state index is 13.2. The molecule has 0 aromatic heterocycles. The van der Waals surface area contributed by atoms with E-state index in [1.165, 1.54) is 0 Å². The van der Waals surface area contributed by atoms with Gasteiger partial charge in [0.05, 0.1) is 19.1 Å². The number of nitrogens with one attached hydrogen (secondary N) is 1. The van der Waals surface area contributed by atoms with Gasteiger partial charge >= 0.3 is 0 Å². The first kappa shape index (κ1) is 19.6. The van der Waals surface area contributed by atoms with E-state index in [2.05, 4.69) is 5.32 Å². The number of hydrogen-bond donors (Lipinski definition) is 1. The van der Waals surface area contributed by atoms with Gasteiger partial charge < -0.3 is 15.0 Å². The van der Waals surface area contributed by atoms with Crippen LogP contribution in [0.3, 0.4) is 0 Å². The van der Waals surface area contributed by atoms with E-state index < -0.39 is 0 Å². The largest absolute Gasteiger partial charge is 0.381 e. The van der Waals surface area contributed by atoms with Crippen LogP contribution in [0.2, 0.25) is 0 Å². The smallest absolute Gasteiger partial charge is 0.251 e. The first-order chi connectivity index (χ1) is 14.2. The third-order valence-electron chi connectivity index (χ3n) is 5.71. The van der Waals surface area contributed by atoms with Crippen molar-refractivity contribution in [3.8, 4) is 0 Å². The van der Waals surface area contributed by atoms with E-state index >= 15 is 0 Å². The van der Waals surface area contributed by atoms with Crippen LogP contribution in [0.1, 0.15) is 47.6 Å². The van der Waals surface area contributed by atoms with Crippen LogP contribution in [0.4, 0.5) is 0 Å². The van der Waals surface area contributed by atoms with Gasteiger partial charge in [-0.25, -0.2) is 0 Å². The highest BCUT2D eigenvalue weighted by Crippen LogP contribution is 2.31. The SMILES string of the molecule is O=C(N[C@H](CC(=O)N(C[C@H]1CCOC1)C1CC1)c1ccccc1)c1ccccc1. The Morgan fingerprint density at radius 2 is 1.69 bits per heavy atom. The molecule has 1 aliphatic heterocycles. The topological polar surface area (TPSA) is 58.6 Å². The Balaban J connectivity index is 1.48. The van der Waals surface area contributed by atoms with Crippen LogP contribution in [-0.4, -0.2) is 42.5 Å². The predicted octanol–water partition coefficient (Wildman–Crippen LogP) is 3.58. The van der Waals surface area contributed by atoms with Gasteiger partial charge in [0, 0.05) is 30.7 Å². The molecule has 2 aromatic rings. The van der Waals surface area contributed by atoms with Gasteiger partial charge in [-0.15, -0.1) is 0 Å². The summed E-state index contributed by atoms with van der Waals surface area (Å²) in [4.78, 5) is 28.0. The van der Waals surface area contributed by atoms with Gasteiger partial charge in [-0.2, -0.15) is 0 Å². The molecule has 0 bridgehead atoms. The fourth-order valence-corrected chi connectivity index (χ4v) is 3.91. The molecule has 0 spiro atoms. The van der Waals surface area contributed by atoms with Crippen LogP contribution < -0.4 is 5.32 Å². The Bertz CT molecular complexity index is 815. The molecule has 5 nitrogen and oxygen atoms in total. The fourth-order valence-electron chi connectivity index (χ4n) is 3.91.